The first-order valence-electron chi connectivity index (χ1n) is 10.5. The van der Waals surface area contributed by atoms with Crippen molar-refractivity contribution in [1.29, 1.82) is 0 Å². The summed E-state index contributed by atoms with van der Waals surface area (Å²) in [6, 6.07) is 0.144. The minimum atomic E-state index is -3.37. The van der Waals surface area contributed by atoms with Gasteiger partial charge in [0, 0.05) is 33.2 Å². The molecule has 0 radical (unpaired) electrons. The maximum Gasteiger partial charge on any atom is 0.281 e. The molecule has 2 aliphatic heterocycles. The summed E-state index contributed by atoms with van der Waals surface area (Å²) in [4.78, 5) is 15.1. The highest BCUT2D eigenvalue weighted by molar-refractivity contribution is 7.86. The Labute approximate surface area is 163 Å². The molecule has 2 saturated heterocycles. The number of likely N-dealkylation sites (tertiary alicyclic amines) is 1. The number of rotatable bonds is 6. The summed E-state index contributed by atoms with van der Waals surface area (Å²) in [6.45, 7) is 1.70. The van der Waals surface area contributed by atoms with Crippen molar-refractivity contribution in [3.8, 4) is 0 Å². The SMILES string of the molecule is CN(C)S(=O)(=O)N1CCC(N2C(=O)C(OCC3CC3)C23CCCCC3)CC1. The first-order chi connectivity index (χ1) is 12.9. The van der Waals surface area contributed by atoms with Gasteiger partial charge in [0.05, 0.1) is 12.1 Å². The van der Waals surface area contributed by atoms with Crippen molar-refractivity contribution < 1.29 is 17.9 Å². The third-order valence-corrected chi connectivity index (χ3v) is 8.86. The largest absolute Gasteiger partial charge is 0.366 e. The van der Waals surface area contributed by atoms with E-state index in [0.29, 0.717) is 19.0 Å². The number of ether oxygens (including phenoxy) is 1. The van der Waals surface area contributed by atoms with Crippen LogP contribution in [0, 0.1) is 5.92 Å². The number of hydrogen-bond acceptors (Lipinski definition) is 4. The molecule has 1 spiro atoms. The van der Waals surface area contributed by atoms with Crippen molar-refractivity contribution in [2.45, 2.75) is 75.5 Å². The molecule has 1 amide bonds. The molecule has 1 atom stereocenters. The molecule has 0 aromatic heterocycles. The molecule has 0 bridgehead atoms. The van der Waals surface area contributed by atoms with Crippen molar-refractivity contribution in [2.24, 2.45) is 5.92 Å². The second-order valence-corrected chi connectivity index (χ2v) is 11.1. The van der Waals surface area contributed by atoms with Gasteiger partial charge in [0.2, 0.25) is 0 Å². The van der Waals surface area contributed by atoms with Crippen LogP contribution in [0.4, 0.5) is 0 Å². The Morgan fingerprint density at radius 3 is 2.26 bits per heavy atom. The molecular formula is C19H33N3O4S. The molecule has 4 fully saturated rings. The normalized spacial score (nSPS) is 30.1. The fraction of sp³-hybridized carbons (Fsp3) is 0.947. The van der Waals surface area contributed by atoms with Crippen LogP contribution in [0.25, 0.3) is 0 Å². The number of amides is 1. The fourth-order valence-corrected chi connectivity index (χ4v) is 6.29. The molecule has 4 aliphatic rings. The summed E-state index contributed by atoms with van der Waals surface area (Å²) in [6.07, 6.45) is 9.25. The van der Waals surface area contributed by atoms with Gasteiger partial charge in [-0.2, -0.15) is 17.0 Å². The fourth-order valence-electron chi connectivity index (χ4n) is 5.15. The minimum absolute atomic E-state index is 0.127. The zero-order valence-corrected chi connectivity index (χ0v) is 17.4. The molecule has 0 aromatic rings. The molecule has 2 heterocycles. The van der Waals surface area contributed by atoms with E-state index in [1.807, 2.05) is 0 Å². The lowest BCUT2D eigenvalue weighted by Crippen LogP contribution is -2.78. The predicted molar refractivity (Wildman–Crippen MR) is 102 cm³/mol. The molecular weight excluding hydrogens is 366 g/mol. The zero-order chi connectivity index (χ0) is 19.2. The van der Waals surface area contributed by atoms with E-state index in [1.165, 1.54) is 23.6 Å². The molecule has 27 heavy (non-hydrogen) atoms. The van der Waals surface area contributed by atoms with Crippen LogP contribution in [0.5, 0.6) is 0 Å². The van der Waals surface area contributed by atoms with Crippen molar-refractivity contribution in [3.63, 3.8) is 0 Å². The van der Waals surface area contributed by atoms with Gasteiger partial charge in [0.15, 0.2) is 6.10 Å². The van der Waals surface area contributed by atoms with Gasteiger partial charge in [0.1, 0.15) is 0 Å². The third kappa shape index (κ3) is 3.43. The van der Waals surface area contributed by atoms with Gasteiger partial charge in [-0.3, -0.25) is 4.79 Å². The standard InChI is InChI=1S/C19H33N3O4S/c1-20(2)27(24,25)21-12-8-16(9-13-21)22-18(23)17(26-14-15-6-7-15)19(22)10-4-3-5-11-19/h15-17H,3-14H2,1-2H3. The van der Waals surface area contributed by atoms with Crippen molar-refractivity contribution in [1.82, 2.24) is 13.5 Å². The van der Waals surface area contributed by atoms with Gasteiger partial charge >= 0.3 is 0 Å². The first-order valence-corrected chi connectivity index (χ1v) is 11.9. The van der Waals surface area contributed by atoms with Crippen LogP contribution in [0.2, 0.25) is 0 Å². The maximum atomic E-state index is 13.0. The zero-order valence-electron chi connectivity index (χ0n) is 16.6. The van der Waals surface area contributed by atoms with Gasteiger partial charge in [-0.25, -0.2) is 0 Å². The summed E-state index contributed by atoms with van der Waals surface area (Å²) in [5, 5.41) is 0. The third-order valence-electron chi connectivity index (χ3n) is 6.92. The Hall–Kier alpha value is -0.700. The summed E-state index contributed by atoms with van der Waals surface area (Å²) >= 11 is 0. The van der Waals surface area contributed by atoms with E-state index in [0.717, 1.165) is 45.1 Å². The van der Waals surface area contributed by atoms with Crippen LogP contribution in [0.1, 0.15) is 57.8 Å². The summed E-state index contributed by atoms with van der Waals surface area (Å²) in [5.74, 6) is 0.804. The van der Waals surface area contributed by atoms with E-state index in [1.54, 1.807) is 18.4 Å². The highest BCUT2D eigenvalue weighted by Gasteiger charge is 2.62. The molecule has 2 aliphatic carbocycles. The Kier molecular flexibility index (Phi) is 5.29. The second kappa shape index (κ2) is 7.28. The van der Waals surface area contributed by atoms with E-state index in [4.69, 9.17) is 4.74 Å². The van der Waals surface area contributed by atoms with Crippen LogP contribution >= 0.6 is 0 Å². The molecule has 1 unspecified atom stereocenters. The van der Waals surface area contributed by atoms with Crippen molar-refractivity contribution in [2.75, 3.05) is 33.8 Å². The van der Waals surface area contributed by atoms with Crippen LogP contribution in [-0.4, -0.2) is 79.3 Å². The molecule has 8 heteroatoms. The monoisotopic (exact) mass is 399 g/mol. The average Bonchev–Trinajstić information content (AvgIpc) is 3.47. The number of β-lactam (4-membered cyclic amide) rings is 1. The highest BCUT2D eigenvalue weighted by atomic mass is 32.2. The van der Waals surface area contributed by atoms with E-state index in [9.17, 15) is 13.2 Å². The quantitative estimate of drug-likeness (QED) is 0.636. The van der Waals surface area contributed by atoms with Crippen LogP contribution in [0.15, 0.2) is 0 Å². The number of nitrogens with zero attached hydrogens (tertiary/aromatic N) is 3. The second-order valence-electron chi connectivity index (χ2n) is 8.95. The molecule has 7 nitrogen and oxygen atoms in total. The Morgan fingerprint density at radius 1 is 1.07 bits per heavy atom. The maximum absolute atomic E-state index is 13.0. The Balaban J connectivity index is 1.44. The molecule has 0 N–H and O–H groups in total. The van der Waals surface area contributed by atoms with Gasteiger partial charge < -0.3 is 9.64 Å². The van der Waals surface area contributed by atoms with Crippen molar-refractivity contribution >= 4 is 16.1 Å². The molecule has 4 rings (SSSR count). The van der Waals surface area contributed by atoms with Crippen LogP contribution in [-0.2, 0) is 19.7 Å². The smallest absolute Gasteiger partial charge is 0.281 e. The van der Waals surface area contributed by atoms with Crippen LogP contribution in [0.3, 0.4) is 0 Å². The lowest BCUT2D eigenvalue weighted by atomic mass is 9.68. The van der Waals surface area contributed by atoms with Gasteiger partial charge in [-0.05, 0) is 44.4 Å². The van der Waals surface area contributed by atoms with E-state index >= 15 is 0 Å². The molecule has 0 aromatic carbocycles. The van der Waals surface area contributed by atoms with E-state index < -0.39 is 10.2 Å². The summed E-state index contributed by atoms with van der Waals surface area (Å²) in [7, 11) is -0.231. The van der Waals surface area contributed by atoms with Crippen LogP contribution < -0.4 is 0 Å². The van der Waals surface area contributed by atoms with E-state index in [2.05, 4.69) is 4.90 Å². The lowest BCUT2D eigenvalue weighted by Gasteiger charge is -2.62. The summed E-state index contributed by atoms with van der Waals surface area (Å²) < 4.78 is 33.7. The van der Waals surface area contributed by atoms with Gasteiger partial charge in [-0.15, -0.1) is 0 Å². The van der Waals surface area contributed by atoms with Gasteiger partial charge in [0.25, 0.3) is 16.1 Å². The Morgan fingerprint density at radius 2 is 1.70 bits per heavy atom. The van der Waals surface area contributed by atoms with Crippen molar-refractivity contribution in [3.05, 3.63) is 0 Å². The minimum Gasteiger partial charge on any atom is -0.366 e. The number of carbonyl (C=O) groups is 1. The average molecular weight is 400 g/mol. The molecule has 2 saturated carbocycles. The van der Waals surface area contributed by atoms with E-state index in [-0.39, 0.29) is 23.6 Å². The first kappa shape index (κ1) is 19.6. The highest BCUT2D eigenvalue weighted by Crippen LogP contribution is 2.48. The number of piperidine rings is 1. The molecule has 154 valence electrons. The predicted octanol–water partition coefficient (Wildman–Crippen LogP) is 1.60. The summed E-state index contributed by atoms with van der Waals surface area (Å²) in [5.41, 5.74) is -0.127. The Bertz CT molecular complexity index is 662. The topological polar surface area (TPSA) is 70.2 Å². The number of hydrogen-bond donors (Lipinski definition) is 0. The lowest BCUT2D eigenvalue weighted by molar-refractivity contribution is -0.211. The number of carbonyl (C=O) groups excluding carboxylic acids is 1. The van der Waals surface area contributed by atoms with Gasteiger partial charge in [-0.1, -0.05) is 19.3 Å².